The third-order valence-corrected chi connectivity index (χ3v) is 3.80. The van der Waals surface area contributed by atoms with Crippen molar-refractivity contribution in [3.8, 4) is 0 Å². The summed E-state index contributed by atoms with van der Waals surface area (Å²) in [6.07, 6.45) is 2.91. The van der Waals surface area contributed by atoms with Crippen LogP contribution in [-0.2, 0) is 21.0 Å². The normalized spacial score (nSPS) is 17.6. The van der Waals surface area contributed by atoms with E-state index in [9.17, 15) is 9.59 Å². The van der Waals surface area contributed by atoms with Gasteiger partial charge < -0.3 is 4.84 Å². The van der Waals surface area contributed by atoms with E-state index in [4.69, 9.17) is 4.84 Å². The van der Waals surface area contributed by atoms with Crippen LogP contribution in [0.15, 0.2) is 35.3 Å². The third-order valence-electron chi connectivity index (χ3n) is 2.95. The second-order valence-electron chi connectivity index (χ2n) is 4.29. The number of Topliss-reactive ketones (excluding diaryl/α,β-unsaturated/α-hetero) is 2. The maximum atomic E-state index is 11.8. The molecule has 0 spiro atoms. The lowest BCUT2D eigenvalue weighted by atomic mass is 9.83. The Kier molecular flexibility index (Phi) is 4.63. The predicted octanol–water partition coefficient (Wildman–Crippen LogP) is 2.75. The molecule has 0 unspecified atom stereocenters. The third kappa shape index (κ3) is 3.38. The minimum Gasteiger partial charge on any atom is -0.390 e. The van der Waals surface area contributed by atoms with Gasteiger partial charge in [-0.1, -0.05) is 17.8 Å². The van der Waals surface area contributed by atoms with Crippen molar-refractivity contribution in [2.45, 2.75) is 25.9 Å². The zero-order chi connectivity index (χ0) is 13.7. The highest BCUT2D eigenvalue weighted by Crippen LogP contribution is 2.20. The number of ketones is 2. The van der Waals surface area contributed by atoms with Crippen molar-refractivity contribution in [2.75, 3.05) is 0 Å². The van der Waals surface area contributed by atoms with E-state index in [0.29, 0.717) is 31.6 Å². The molecule has 0 bridgehead atoms. The number of rotatable bonds is 5. The number of carbonyl (C=O) groups is 2. The Morgan fingerprint density at radius 3 is 2.79 bits per heavy atom. The molecule has 0 aliphatic heterocycles. The first-order valence-corrected chi connectivity index (χ1v) is 7.00. The molecule has 100 valence electrons. The number of hydrogen-bond donors (Lipinski definition) is 0. The number of allylic oxidation sites excluding steroid dienone is 1. The lowest BCUT2D eigenvalue weighted by Crippen LogP contribution is -2.34. The van der Waals surface area contributed by atoms with Crippen molar-refractivity contribution < 1.29 is 14.4 Å². The first-order chi connectivity index (χ1) is 9.22. The Balaban J connectivity index is 2.03. The Labute approximate surface area is 115 Å². The van der Waals surface area contributed by atoms with Gasteiger partial charge in [0.15, 0.2) is 6.61 Å². The highest BCUT2D eigenvalue weighted by molar-refractivity contribution is 7.09. The van der Waals surface area contributed by atoms with Gasteiger partial charge in [0.05, 0.1) is 5.71 Å². The van der Waals surface area contributed by atoms with Crippen molar-refractivity contribution in [1.82, 2.24) is 0 Å². The number of carbonyl (C=O) groups excluding carboxylic acids is 2. The zero-order valence-electron chi connectivity index (χ0n) is 10.5. The summed E-state index contributed by atoms with van der Waals surface area (Å²) in [5.41, 5.74) is 0.325. The lowest BCUT2D eigenvalue weighted by Gasteiger charge is -2.18. The predicted molar refractivity (Wildman–Crippen MR) is 74.1 cm³/mol. The highest BCUT2D eigenvalue weighted by atomic mass is 32.1. The molecular weight excluding hydrogens is 262 g/mol. The molecule has 1 aromatic heterocycles. The summed E-state index contributed by atoms with van der Waals surface area (Å²) in [4.78, 5) is 29.8. The van der Waals surface area contributed by atoms with Crippen LogP contribution in [0.5, 0.6) is 0 Å². The fourth-order valence-corrected chi connectivity index (χ4v) is 2.62. The number of thiophene rings is 1. The largest absolute Gasteiger partial charge is 0.390 e. The van der Waals surface area contributed by atoms with Crippen LogP contribution in [0.4, 0.5) is 0 Å². The standard InChI is InChI=1S/C14H15NO3S/c1-2-11(14-12(16)6-3-7-13(14)17)15-18-9-10-5-4-8-19-10/h2,4-5,8,14H,1,3,6-7,9H2/b15-11+. The second-order valence-corrected chi connectivity index (χ2v) is 5.32. The molecule has 5 heteroatoms. The molecule has 0 saturated heterocycles. The molecular formula is C14H15NO3S. The molecule has 0 atom stereocenters. The van der Waals surface area contributed by atoms with Crippen LogP contribution in [-0.4, -0.2) is 17.3 Å². The Bertz CT molecular complexity index is 489. The summed E-state index contributed by atoms with van der Waals surface area (Å²) >= 11 is 1.56. The zero-order valence-corrected chi connectivity index (χ0v) is 11.3. The first-order valence-electron chi connectivity index (χ1n) is 6.12. The van der Waals surface area contributed by atoms with Gasteiger partial charge in [-0.05, 0) is 23.9 Å². The van der Waals surface area contributed by atoms with E-state index in [1.165, 1.54) is 6.08 Å². The van der Waals surface area contributed by atoms with Crippen molar-refractivity contribution in [2.24, 2.45) is 11.1 Å². The van der Waals surface area contributed by atoms with Gasteiger partial charge >= 0.3 is 0 Å². The molecule has 0 N–H and O–H groups in total. The monoisotopic (exact) mass is 277 g/mol. The van der Waals surface area contributed by atoms with Gasteiger partial charge in [-0.25, -0.2) is 0 Å². The average molecular weight is 277 g/mol. The topological polar surface area (TPSA) is 55.7 Å². The summed E-state index contributed by atoms with van der Waals surface area (Å²) in [5.74, 6) is -0.959. The molecule has 1 saturated carbocycles. The van der Waals surface area contributed by atoms with E-state index in [1.807, 2.05) is 17.5 Å². The van der Waals surface area contributed by atoms with Crippen molar-refractivity contribution in [1.29, 1.82) is 0 Å². The average Bonchev–Trinajstić information content (AvgIpc) is 2.89. The van der Waals surface area contributed by atoms with Gasteiger partial charge in [0, 0.05) is 17.7 Å². The van der Waals surface area contributed by atoms with E-state index in [0.717, 1.165) is 4.88 Å². The van der Waals surface area contributed by atoms with Gasteiger partial charge in [0.2, 0.25) is 0 Å². The van der Waals surface area contributed by atoms with Gasteiger partial charge in [-0.3, -0.25) is 9.59 Å². The minimum atomic E-state index is -0.783. The molecule has 0 aromatic carbocycles. The molecule has 0 amide bonds. The minimum absolute atomic E-state index is 0.0883. The molecule has 0 radical (unpaired) electrons. The van der Waals surface area contributed by atoms with Crippen LogP contribution in [0.3, 0.4) is 0 Å². The Morgan fingerprint density at radius 1 is 1.47 bits per heavy atom. The summed E-state index contributed by atoms with van der Waals surface area (Å²) < 4.78 is 0. The Hall–Kier alpha value is -1.75. The molecule has 4 nitrogen and oxygen atoms in total. The molecule has 1 aliphatic rings. The first kappa shape index (κ1) is 13.7. The van der Waals surface area contributed by atoms with Gasteiger partial charge in [0.1, 0.15) is 17.5 Å². The summed E-state index contributed by atoms with van der Waals surface area (Å²) in [6.45, 7) is 3.95. The van der Waals surface area contributed by atoms with E-state index in [-0.39, 0.29) is 11.6 Å². The second kappa shape index (κ2) is 6.43. The van der Waals surface area contributed by atoms with E-state index >= 15 is 0 Å². The van der Waals surface area contributed by atoms with Gasteiger partial charge in [0.25, 0.3) is 0 Å². The fraction of sp³-hybridized carbons (Fsp3) is 0.357. The summed E-state index contributed by atoms with van der Waals surface area (Å²) in [7, 11) is 0. The van der Waals surface area contributed by atoms with Crippen LogP contribution in [0.1, 0.15) is 24.1 Å². The van der Waals surface area contributed by atoms with E-state index in [1.54, 1.807) is 11.3 Å². The van der Waals surface area contributed by atoms with E-state index < -0.39 is 5.92 Å². The fourth-order valence-electron chi connectivity index (χ4n) is 2.01. The molecule has 1 aliphatic carbocycles. The van der Waals surface area contributed by atoms with Crippen LogP contribution in [0, 0.1) is 5.92 Å². The van der Waals surface area contributed by atoms with E-state index in [2.05, 4.69) is 11.7 Å². The van der Waals surface area contributed by atoms with Crippen LogP contribution >= 0.6 is 11.3 Å². The van der Waals surface area contributed by atoms with Crippen molar-refractivity contribution in [3.05, 3.63) is 35.0 Å². The molecule has 1 aromatic rings. The van der Waals surface area contributed by atoms with Crippen LogP contribution in [0.2, 0.25) is 0 Å². The maximum absolute atomic E-state index is 11.8. The molecule has 1 heterocycles. The van der Waals surface area contributed by atoms with Gasteiger partial charge in [-0.15, -0.1) is 11.3 Å². The smallest absolute Gasteiger partial charge is 0.151 e. The van der Waals surface area contributed by atoms with Crippen LogP contribution in [0.25, 0.3) is 0 Å². The van der Waals surface area contributed by atoms with Crippen molar-refractivity contribution in [3.63, 3.8) is 0 Å². The Morgan fingerprint density at radius 2 is 2.21 bits per heavy atom. The van der Waals surface area contributed by atoms with Crippen molar-refractivity contribution >= 4 is 28.6 Å². The molecule has 1 fully saturated rings. The number of hydrogen-bond acceptors (Lipinski definition) is 5. The summed E-state index contributed by atoms with van der Waals surface area (Å²) in [6, 6.07) is 3.86. The number of nitrogens with zero attached hydrogens (tertiary/aromatic N) is 1. The molecule has 19 heavy (non-hydrogen) atoms. The SMILES string of the molecule is C=C/C(=N\OCc1cccs1)C1C(=O)CCCC1=O. The van der Waals surface area contributed by atoms with Gasteiger partial charge in [-0.2, -0.15) is 0 Å². The number of oxime groups is 1. The molecule has 2 rings (SSSR count). The highest BCUT2D eigenvalue weighted by Gasteiger charge is 2.33. The lowest BCUT2D eigenvalue weighted by molar-refractivity contribution is -0.132. The summed E-state index contributed by atoms with van der Waals surface area (Å²) in [5, 5.41) is 5.85. The van der Waals surface area contributed by atoms with Crippen LogP contribution < -0.4 is 0 Å². The quantitative estimate of drug-likeness (QED) is 0.472. The maximum Gasteiger partial charge on any atom is 0.151 e.